The minimum atomic E-state index is 0.0219. The average molecular weight is 204 g/mol. The minimum absolute atomic E-state index is 0.0219. The summed E-state index contributed by atoms with van der Waals surface area (Å²) >= 11 is 0. The fourth-order valence-corrected chi connectivity index (χ4v) is 1.50. The van der Waals surface area contributed by atoms with Crippen LogP contribution in [0.25, 0.3) is 5.65 Å². The highest BCUT2D eigenvalue weighted by Gasteiger charge is 2.18. The van der Waals surface area contributed by atoms with E-state index in [-0.39, 0.29) is 5.41 Å². The molecule has 0 amide bonds. The van der Waals surface area contributed by atoms with E-state index in [1.807, 2.05) is 19.1 Å². The molecule has 15 heavy (non-hydrogen) atoms. The SMILES string of the molecule is Cc1cc(N)n2nc(C(C)(C)C)cc2n1. The van der Waals surface area contributed by atoms with Crippen LogP contribution in [0.15, 0.2) is 12.1 Å². The Morgan fingerprint density at radius 2 is 1.93 bits per heavy atom. The number of nitrogen functional groups attached to an aromatic ring is 1. The Labute approximate surface area is 89.1 Å². The Morgan fingerprint density at radius 1 is 1.27 bits per heavy atom. The minimum Gasteiger partial charge on any atom is -0.384 e. The molecule has 0 aliphatic heterocycles. The summed E-state index contributed by atoms with van der Waals surface area (Å²) in [7, 11) is 0. The topological polar surface area (TPSA) is 56.2 Å². The van der Waals surface area contributed by atoms with Crippen molar-refractivity contribution in [2.45, 2.75) is 33.1 Å². The molecule has 0 fully saturated rings. The Kier molecular flexibility index (Phi) is 1.96. The molecule has 4 heteroatoms. The predicted octanol–water partition coefficient (Wildman–Crippen LogP) is 1.92. The molecule has 0 unspecified atom stereocenters. The van der Waals surface area contributed by atoms with Gasteiger partial charge in [-0.05, 0) is 6.92 Å². The average Bonchev–Trinajstić information content (AvgIpc) is 2.46. The molecule has 2 N–H and O–H groups in total. The lowest BCUT2D eigenvalue weighted by atomic mass is 9.93. The van der Waals surface area contributed by atoms with E-state index in [1.165, 1.54) is 0 Å². The van der Waals surface area contributed by atoms with Crippen molar-refractivity contribution in [1.29, 1.82) is 0 Å². The first kappa shape index (κ1) is 9.96. The maximum absolute atomic E-state index is 5.87. The molecule has 0 saturated carbocycles. The third-order valence-corrected chi connectivity index (χ3v) is 2.35. The van der Waals surface area contributed by atoms with Crippen molar-refractivity contribution in [2.24, 2.45) is 0 Å². The summed E-state index contributed by atoms with van der Waals surface area (Å²) in [4.78, 5) is 4.39. The lowest BCUT2D eigenvalue weighted by Crippen LogP contribution is -2.12. The van der Waals surface area contributed by atoms with Gasteiger partial charge in [0.25, 0.3) is 0 Å². The van der Waals surface area contributed by atoms with Crippen LogP contribution >= 0.6 is 0 Å². The summed E-state index contributed by atoms with van der Waals surface area (Å²) < 4.78 is 1.69. The normalized spacial score (nSPS) is 12.3. The van der Waals surface area contributed by atoms with Gasteiger partial charge in [0, 0.05) is 23.2 Å². The summed E-state index contributed by atoms with van der Waals surface area (Å²) in [5.41, 5.74) is 8.64. The van der Waals surface area contributed by atoms with Gasteiger partial charge in [-0.15, -0.1) is 0 Å². The number of nitrogens with two attached hydrogens (primary N) is 1. The summed E-state index contributed by atoms with van der Waals surface area (Å²) in [5, 5.41) is 4.45. The second-order valence-corrected chi connectivity index (χ2v) is 4.87. The molecule has 0 aliphatic carbocycles. The van der Waals surface area contributed by atoms with Crippen LogP contribution in [0, 0.1) is 6.92 Å². The third-order valence-electron chi connectivity index (χ3n) is 2.35. The number of fused-ring (bicyclic) bond motifs is 1. The lowest BCUT2D eigenvalue weighted by molar-refractivity contribution is 0.563. The van der Waals surface area contributed by atoms with Gasteiger partial charge < -0.3 is 5.73 Å². The fourth-order valence-electron chi connectivity index (χ4n) is 1.50. The van der Waals surface area contributed by atoms with Crippen molar-refractivity contribution in [1.82, 2.24) is 14.6 Å². The molecule has 80 valence electrons. The molecule has 2 aromatic rings. The highest BCUT2D eigenvalue weighted by Crippen LogP contribution is 2.22. The van der Waals surface area contributed by atoms with Crippen LogP contribution in [0.1, 0.15) is 32.2 Å². The van der Waals surface area contributed by atoms with Crippen molar-refractivity contribution >= 4 is 11.5 Å². The molecule has 0 saturated heterocycles. The number of hydrogen-bond donors (Lipinski definition) is 1. The van der Waals surface area contributed by atoms with Gasteiger partial charge >= 0.3 is 0 Å². The monoisotopic (exact) mass is 204 g/mol. The number of anilines is 1. The Bertz CT molecular complexity index is 505. The molecule has 0 radical (unpaired) electrons. The van der Waals surface area contributed by atoms with Gasteiger partial charge in [0.05, 0.1) is 5.69 Å². The first-order valence-corrected chi connectivity index (χ1v) is 5.01. The van der Waals surface area contributed by atoms with Gasteiger partial charge in [0.1, 0.15) is 5.82 Å². The van der Waals surface area contributed by atoms with Crippen LogP contribution in [0.4, 0.5) is 5.82 Å². The van der Waals surface area contributed by atoms with Gasteiger partial charge in [-0.3, -0.25) is 0 Å². The second kappa shape index (κ2) is 2.95. The maximum atomic E-state index is 5.87. The summed E-state index contributed by atoms with van der Waals surface area (Å²) in [6, 6.07) is 3.82. The highest BCUT2D eigenvalue weighted by molar-refractivity contribution is 5.48. The van der Waals surface area contributed by atoms with E-state index in [1.54, 1.807) is 4.52 Å². The van der Waals surface area contributed by atoms with E-state index in [2.05, 4.69) is 30.9 Å². The zero-order chi connectivity index (χ0) is 11.2. The molecule has 0 atom stereocenters. The fraction of sp³-hybridized carbons (Fsp3) is 0.455. The molecular weight excluding hydrogens is 188 g/mol. The first-order valence-electron chi connectivity index (χ1n) is 5.01. The van der Waals surface area contributed by atoms with E-state index in [0.29, 0.717) is 5.82 Å². The van der Waals surface area contributed by atoms with Crippen LogP contribution in [-0.2, 0) is 5.41 Å². The van der Waals surface area contributed by atoms with Gasteiger partial charge in [-0.1, -0.05) is 20.8 Å². The van der Waals surface area contributed by atoms with Crippen molar-refractivity contribution in [3.05, 3.63) is 23.5 Å². The molecule has 0 spiro atoms. The molecule has 2 aromatic heterocycles. The van der Waals surface area contributed by atoms with Crippen LogP contribution in [0.5, 0.6) is 0 Å². The number of rotatable bonds is 0. The molecule has 4 nitrogen and oxygen atoms in total. The Hall–Kier alpha value is -1.58. The molecule has 0 aromatic carbocycles. The van der Waals surface area contributed by atoms with Crippen LogP contribution in [-0.4, -0.2) is 14.6 Å². The van der Waals surface area contributed by atoms with Crippen molar-refractivity contribution in [3.63, 3.8) is 0 Å². The van der Waals surface area contributed by atoms with Crippen LogP contribution in [0.2, 0.25) is 0 Å². The third kappa shape index (κ3) is 1.67. The smallest absolute Gasteiger partial charge is 0.157 e. The van der Waals surface area contributed by atoms with Gasteiger partial charge in [-0.25, -0.2) is 4.98 Å². The zero-order valence-electron chi connectivity index (χ0n) is 9.57. The summed E-state index contributed by atoms with van der Waals surface area (Å²) in [5.74, 6) is 0.632. The van der Waals surface area contributed by atoms with Crippen molar-refractivity contribution < 1.29 is 0 Å². The molecular formula is C11H16N4. The second-order valence-electron chi connectivity index (χ2n) is 4.87. The largest absolute Gasteiger partial charge is 0.384 e. The summed E-state index contributed by atoms with van der Waals surface area (Å²) in [6.07, 6.45) is 0. The van der Waals surface area contributed by atoms with Crippen LogP contribution in [0.3, 0.4) is 0 Å². The standard InChI is InChI=1S/C11H16N4/c1-7-5-9(12)15-10(13-7)6-8(14-15)11(2,3)4/h5-6H,12H2,1-4H3. The number of hydrogen-bond acceptors (Lipinski definition) is 3. The summed E-state index contributed by atoms with van der Waals surface area (Å²) in [6.45, 7) is 8.30. The zero-order valence-corrected chi connectivity index (χ0v) is 9.57. The van der Waals surface area contributed by atoms with Crippen molar-refractivity contribution in [2.75, 3.05) is 5.73 Å². The number of aromatic nitrogens is 3. The van der Waals surface area contributed by atoms with E-state index >= 15 is 0 Å². The van der Waals surface area contributed by atoms with Gasteiger partial charge in [0.15, 0.2) is 5.65 Å². The number of nitrogens with zero attached hydrogens (tertiary/aromatic N) is 3. The molecule has 0 aliphatic rings. The van der Waals surface area contributed by atoms with Gasteiger partial charge in [0.2, 0.25) is 0 Å². The molecule has 0 bridgehead atoms. The first-order chi connectivity index (χ1) is 6.88. The van der Waals surface area contributed by atoms with E-state index < -0.39 is 0 Å². The maximum Gasteiger partial charge on any atom is 0.157 e. The van der Waals surface area contributed by atoms with Crippen LogP contribution < -0.4 is 5.73 Å². The quantitative estimate of drug-likeness (QED) is 0.713. The van der Waals surface area contributed by atoms with Crippen molar-refractivity contribution in [3.8, 4) is 0 Å². The van der Waals surface area contributed by atoms with E-state index in [9.17, 15) is 0 Å². The predicted molar refractivity (Wildman–Crippen MR) is 60.8 cm³/mol. The molecule has 2 rings (SSSR count). The highest BCUT2D eigenvalue weighted by atomic mass is 15.3. The van der Waals surface area contributed by atoms with E-state index in [0.717, 1.165) is 17.0 Å². The Morgan fingerprint density at radius 3 is 2.53 bits per heavy atom. The lowest BCUT2D eigenvalue weighted by Gasteiger charge is -2.13. The molecule has 2 heterocycles. The van der Waals surface area contributed by atoms with E-state index in [4.69, 9.17) is 5.73 Å². The number of aryl methyl sites for hydroxylation is 1. The Balaban J connectivity index is 2.71. The van der Waals surface area contributed by atoms with Gasteiger partial charge in [-0.2, -0.15) is 9.61 Å².